The van der Waals surface area contributed by atoms with Crippen LogP contribution in [0.25, 0.3) is 0 Å². The molecule has 2 aromatic rings. The summed E-state index contributed by atoms with van der Waals surface area (Å²) >= 11 is 11.9. The summed E-state index contributed by atoms with van der Waals surface area (Å²) in [6.45, 7) is 1.44. The number of hydrogen-bond donors (Lipinski definition) is 1. The number of carbonyl (C=O) groups is 2. The maximum atomic E-state index is 12.5. The van der Waals surface area contributed by atoms with E-state index in [0.29, 0.717) is 15.7 Å². The quantitative estimate of drug-likeness (QED) is 0.739. The largest absolute Gasteiger partial charge is 0.496 e. The molecule has 2 rings (SSSR count). The Bertz CT molecular complexity index is 803. The van der Waals surface area contributed by atoms with Crippen molar-refractivity contribution < 1.29 is 23.8 Å². The Morgan fingerprint density at radius 2 is 1.65 bits per heavy atom. The van der Waals surface area contributed by atoms with Crippen LogP contribution in [0.15, 0.2) is 36.4 Å². The second-order valence-electron chi connectivity index (χ2n) is 5.20. The Hall–Kier alpha value is -2.44. The highest BCUT2D eigenvalue weighted by Gasteiger charge is 2.25. The molecule has 1 atom stereocenters. The number of amides is 1. The summed E-state index contributed by atoms with van der Waals surface area (Å²) in [6, 6.07) is 9.50. The smallest absolute Gasteiger partial charge is 0.346 e. The second kappa shape index (κ2) is 8.78. The zero-order valence-corrected chi connectivity index (χ0v) is 15.9. The molecule has 138 valence electrons. The molecule has 8 heteroatoms. The van der Waals surface area contributed by atoms with Gasteiger partial charge in [-0.05, 0) is 37.3 Å². The highest BCUT2D eigenvalue weighted by molar-refractivity contribution is 6.35. The van der Waals surface area contributed by atoms with E-state index in [1.165, 1.54) is 27.2 Å². The molecular weight excluding hydrogens is 381 g/mol. The average molecular weight is 398 g/mol. The molecule has 26 heavy (non-hydrogen) atoms. The first-order valence-corrected chi connectivity index (χ1v) is 8.30. The molecule has 0 aliphatic rings. The van der Waals surface area contributed by atoms with Crippen molar-refractivity contribution in [2.75, 3.05) is 19.5 Å². The standard InChI is InChI=1S/C18H17Cl2NO5/c1-10(17(22)21-13-9-11(19)7-8-12(13)20)26-18(23)16-14(24-2)5-4-6-15(16)25-3/h4-10H,1-3H3,(H,21,22)/t10-/m0/s1. The first kappa shape index (κ1) is 19.9. The summed E-state index contributed by atoms with van der Waals surface area (Å²) in [5.41, 5.74) is 0.417. The molecule has 0 saturated carbocycles. The topological polar surface area (TPSA) is 73.9 Å². The Morgan fingerprint density at radius 3 is 2.23 bits per heavy atom. The lowest BCUT2D eigenvalue weighted by atomic mass is 10.1. The van der Waals surface area contributed by atoms with Crippen molar-refractivity contribution in [3.8, 4) is 11.5 Å². The summed E-state index contributed by atoms with van der Waals surface area (Å²) in [5, 5.41) is 3.29. The number of esters is 1. The van der Waals surface area contributed by atoms with Gasteiger partial charge in [-0.25, -0.2) is 4.79 Å². The number of methoxy groups -OCH3 is 2. The van der Waals surface area contributed by atoms with Crippen LogP contribution in [0.4, 0.5) is 5.69 Å². The summed E-state index contributed by atoms with van der Waals surface area (Å²) in [5.74, 6) is -0.754. The van der Waals surface area contributed by atoms with Gasteiger partial charge in [-0.1, -0.05) is 29.3 Å². The normalized spacial score (nSPS) is 11.4. The Kier molecular flexibility index (Phi) is 6.71. The van der Waals surface area contributed by atoms with E-state index in [4.69, 9.17) is 37.4 Å². The van der Waals surface area contributed by atoms with E-state index in [1.807, 2.05) is 0 Å². The first-order valence-electron chi connectivity index (χ1n) is 7.55. The number of benzene rings is 2. The number of rotatable bonds is 6. The van der Waals surface area contributed by atoms with Gasteiger partial charge in [0.05, 0.1) is 24.9 Å². The van der Waals surface area contributed by atoms with E-state index in [0.717, 1.165) is 0 Å². The molecule has 0 heterocycles. The number of nitrogens with one attached hydrogen (secondary N) is 1. The lowest BCUT2D eigenvalue weighted by molar-refractivity contribution is -0.123. The summed E-state index contributed by atoms with van der Waals surface area (Å²) < 4.78 is 15.6. The van der Waals surface area contributed by atoms with Crippen LogP contribution in [0.5, 0.6) is 11.5 Å². The highest BCUT2D eigenvalue weighted by Crippen LogP contribution is 2.29. The monoisotopic (exact) mass is 397 g/mol. The maximum Gasteiger partial charge on any atom is 0.346 e. The van der Waals surface area contributed by atoms with E-state index in [2.05, 4.69) is 5.32 Å². The minimum Gasteiger partial charge on any atom is -0.496 e. The Balaban J connectivity index is 2.14. The molecule has 2 aromatic carbocycles. The van der Waals surface area contributed by atoms with Crippen LogP contribution in [0.2, 0.25) is 10.0 Å². The third kappa shape index (κ3) is 4.59. The van der Waals surface area contributed by atoms with Crippen LogP contribution in [0.3, 0.4) is 0 Å². The van der Waals surface area contributed by atoms with Crippen molar-refractivity contribution in [2.24, 2.45) is 0 Å². The molecule has 1 N–H and O–H groups in total. The second-order valence-corrected chi connectivity index (χ2v) is 6.04. The van der Waals surface area contributed by atoms with Gasteiger partial charge in [-0.15, -0.1) is 0 Å². The van der Waals surface area contributed by atoms with Crippen molar-refractivity contribution in [1.82, 2.24) is 0 Å². The van der Waals surface area contributed by atoms with Gasteiger partial charge in [0.25, 0.3) is 5.91 Å². The van der Waals surface area contributed by atoms with E-state index < -0.39 is 18.0 Å². The van der Waals surface area contributed by atoms with Gasteiger partial charge in [-0.3, -0.25) is 4.79 Å². The van der Waals surface area contributed by atoms with E-state index >= 15 is 0 Å². The van der Waals surface area contributed by atoms with Crippen LogP contribution >= 0.6 is 23.2 Å². The van der Waals surface area contributed by atoms with Crippen LogP contribution in [-0.2, 0) is 9.53 Å². The van der Waals surface area contributed by atoms with Crippen molar-refractivity contribution in [3.63, 3.8) is 0 Å². The molecule has 0 aliphatic heterocycles. The van der Waals surface area contributed by atoms with Gasteiger partial charge in [0.2, 0.25) is 0 Å². The lowest BCUT2D eigenvalue weighted by Crippen LogP contribution is -2.30. The Morgan fingerprint density at radius 1 is 1.04 bits per heavy atom. The minimum atomic E-state index is -1.09. The van der Waals surface area contributed by atoms with Crippen molar-refractivity contribution in [2.45, 2.75) is 13.0 Å². The van der Waals surface area contributed by atoms with Gasteiger partial charge in [0, 0.05) is 5.02 Å². The number of ether oxygens (including phenoxy) is 3. The molecule has 0 spiro atoms. The van der Waals surface area contributed by atoms with Gasteiger partial charge in [-0.2, -0.15) is 0 Å². The molecule has 0 aliphatic carbocycles. The predicted molar refractivity (Wildman–Crippen MR) is 99.5 cm³/mol. The zero-order chi connectivity index (χ0) is 19.3. The minimum absolute atomic E-state index is 0.0953. The Labute approximate surface area is 160 Å². The number of carbonyl (C=O) groups excluding carboxylic acids is 2. The average Bonchev–Trinajstić information content (AvgIpc) is 2.63. The molecule has 6 nitrogen and oxygen atoms in total. The molecule has 0 fully saturated rings. The fraction of sp³-hybridized carbons (Fsp3) is 0.222. The van der Waals surface area contributed by atoms with Crippen molar-refractivity contribution >= 4 is 40.8 Å². The predicted octanol–water partition coefficient (Wildman–Crippen LogP) is 4.19. The SMILES string of the molecule is COc1cccc(OC)c1C(=O)O[C@@H](C)C(=O)Nc1cc(Cl)ccc1Cl. The fourth-order valence-corrected chi connectivity index (χ4v) is 2.49. The third-order valence-corrected chi connectivity index (χ3v) is 4.04. The molecule has 1 amide bonds. The van der Waals surface area contributed by atoms with Crippen LogP contribution < -0.4 is 14.8 Å². The molecule has 0 aromatic heterocycles. The van der Waals surface area contributed by atoms with Gasteiger partial charge in [0.15, 0.2) is 6.10 Å². The molecular formula is C18H17Cl2NO5. The summed E-state index contributed by atoms with van der Waals surface area (Å²) in [4.78, 5) is 24.8. The number of halogens is 2. The van der Waals surface area contributed by atoms with Crippen molar-refractivity contribution in [1.29, 1.82) is 0 Å². The third-order valence-electron chi connectivity index (χ3n) is 3.47. The number of hydrogen-bond acceptors (Lipinski definition) is 5. The molecule has 0 bridgehead atoms. The van der Waals surface area contributed by atoms with Crippen LogP contribution in [0, 0.1) is 0 Å². The number of anilines is 1. The highest BCUT2D eigenvalue weighted by atomic mass is 35.5. The summed E-state index contributed by atoms with van der Waals surface area (Å²) in [7, 11) is 2.84. The summed E-state index contributed by atoms with van der Waals surface area (Å²) in [6.07, 6.45) is -1.09. The fourth-order valence-electron chi connectivity index (χ4n) is 2.15. The molecule has 0 unspecified atom stereocenters. The van der Waals surface area contributed by atoms with Crippen LogP contribution in [0.1, 0.15) is 17.3 Å². The van der Waals surface area contributed by atoms with Crippen LogP contribution in [-0.4, -0.2) is 32.2 Å². The molecule has 0 saturated heterocycles. The maximum absolute atomic E-state index is 12.5. The first-order chi connectivity index (χ1) is 12.4. The lowest BCUT2D eigenvalue weighted by Gasteiger charge is -2.16. The molecule has 0 radical (unpaired) electrons. The van der Waals surface area contributed by atoms with Crippen molar-refractivity contribution in [3.05, 3.63) is 52.0 Å². The zero-order valence-electron chi connectivity index (χ0n) is 14.3. The van der Waals surface area contributed by atoms with E-state index in [9.17, 15) is 9.59 Å². The van der Waals surface area contributed by atoms with E-state index in [-0.39, 0.29) is 17.1 Å². The van der Waals surface area contributed by atoms with Gasteiger partial charge >= 0.3 is 5.97 Å². The van der Waals surface area contributed by atoms with Gasteiger partial charge < -0.3 is 19.5 Å². The van der Waals surface area contributed by atoms with Gasteiger partial charge in [0.1, 0.15) is 17.1 Å². The van der Waals surface area contributed by atoms with E-state index in [1.54, 1.807) is 30.3 Å².